The number of methoxy groups -OCH3 is 1. The van der Waals surface area contributed by atoms with Gasteiger partial charge in [0.15, 0.2) is 5.82 Å². The summed E-state index contributed by atoms with van der Waals surface area (Å²) in [6.45, 7) is 6.35. The van der Waals surface area contributed by atoms with E-state index < -0.39 is 6.04 Å². The number of hydrogen-bond donors (Lipinski definition) is 1. The molecule has 39 heavy (non-hydrogen) atoms. The fourth-order valence-electron chi connectivity index (χ4n) is 4.71. The van der Waals surface area contributed by atoms with E-state index in [4.69, 9.17) is 13.9 Å². The van der Waals surface area contributed by atoms with Gasteiger partial charge in [0.25, 0.3) is 5.56 Å². The third-order valence-electron chi connectivity index (χ3n) is 6.56. The molecule has 0 bridgehead atoms. The summed E-state index contributed by atoms with van der Waals surface area (Å²) in [5, 5.41) is 13.5. The van der Waals surface area contributed by atoms with Crippen LogP contribution in [0.25, 0.3) is 10.9 Å². The molecule has 0 fully saturated rings. The SMILES string of the molecule is CCOc1ccc(CN(Cc2ccco2)[C@H](c2cc3ccc(C)cc3[nH]c2=O)c2nnnn2CCOC)cc1. The van der Waals surface area contributed by atoms with E-state index in [2.05, 4.69) is 25.4 Å². The molecule has 1 N–H and O–H groups in total. The molecular weight excluding hydrogens is 496 g/mol. The van der Waals surface area contributed by atoms with Gasteiger partial charge in [-0.15, -0.1) is 5.10 Å². The van der Waals surface area contributed by atoms with E-state index in [0.717, 1.165) is 33.5 Å². The van der Waals surface area contributed by atoms with Crippen LogP contribution in [-0.4, -0.2) is 50.4 Å². The zero-order valence-electron chi connectivity index (χ0n) is 22.3. The number of aryl methyl sites for hydroxylation is 1. The lowest BCUT2D eigenvalue weighted by Gasteiger charge is -2.30. The number of H-pyrrole nitrogens is 1. The van der Waals surface area contributed by atoms with Crippen molar-refractivity contribution in [3.8, 4) is 5.75 Å². The molecule has 10 heteroatoms. The van der Waals surface area contributed by atoms with Gasteiger partial charge in [0.05, 0.1) is 32.6 Å². The summed E-state index contributed by atoms with van der Waals surface area (Å²) in [7, 11) is 1.63. The molecule has 0 amide bonds. The summed E-state index contributed by atoms with van der Waals surface area (Å²) >= 11 is 0. The van der Waals surface area contributed by atoms with Crippen LogP contribution in [0.5, 0.6) is 5.75 Å². The zero-order chi connectivity index (χ0) is 27.2. The van der Waals surface area contributed by atoms with Crippen molar-refractivity contribution in [3.63, 3.8) is 0 Å². The molecule has 3 heterocycles. The van der Waals surface area contributed by atoms with Crippen molar-refractivity contribution >= 4 is 10.9 Å². The number of ether oxygens (including phenoxy) is 2. The van der Waals surface area contributed by atoms with Crippen LogP contribution in [-0.2, 0) is 24.4 Å². The molecule has 1 atom stereocenters. The molecule has 0 spiro atoms. The van der Waals surface area contributed by atoms with Gasteiger partial charge in [-0.25, -0.2) is 4.68 Å². The number of tetrazole rings is 1. The third-order valence-corrected chi connectivity index (χ3v) is 6.56. The van der Waals surface area contributed by atoms with Gasteiger partial charge >= 0.3 is 0 Å². The molecule has 0 aliphatic heterocycles. The van der Waals surface area contributed by atoms with E-state index >= 15 is 0 Å². The quantitative estimate of drug-likeness (QED) is 0.256. The number of benzene rings is 2. The van der Waals surface area contributed by atoms with Crippen molar-refractivity contribution in [2.24, 2.45) is 0 Å². The Morgan fingerprint density at radius 2 is 1.95 bits per heavy atom. The Hall–Kier alpha value is -4.28. The first-order valence-electron chi connectivity index (χ1n) is 12.9. The van der Waals surface area contributed by atoms with Gasteiger partial charge in [-0.2, -0.15) is 0 Å². The number of furan rings is 1. The number of aromatic nitrogens is 5. The van der Waals surface area contributed by atoms with E-state index in [1.807, 2.05) is 74.5 Å². The van der Waals surface area contributed by atoms with Crippen molar-refractivity contribution in [3.05, 3.63) is 106 Å². The van der Waals surface area contributed by atoms with Crippen LogP contribution in [0.2, 0.25) is 0 Å². The average Bonchev–Trinajstić information content (AvgIpc) is 3.61. The maximum absolute atomic E-state index is 13.7. The summed E-state index contributed by atoms with van der Waals surface area (Å²) in [6, 6.07) is 19.1. The van der Waals surface area contributed by atoms with Crippen molar-refractivity contribution in [2.75, 3.05) is 20.3 Å². The minimum absolute atomic E-state index is 0.199. The monoisotopic (exact) mass is 528 g/mol. The molecule has 5 aromatic rings. The maximum Gasteiger partial charge on any atom is 0.253 e. The first-order valence-corrected chi connectivity index (χ1v) is 12.9. The molecule has 0 aliphatic rings. The molecule has 0 unspecified atom stereocenters. The van der Waals surface area contributed by atoms with Crippen LogP contribution in [0.4, 0.5) is 0 Å². The maximum atomic E-state index is 13.7. The van der Waals surface area contributed by atoms with Crippen LogP contribution in [0.15, 0.2) is 76.1 Å². The standard InChI is InChI=1S/C29H32N6O4/c1-4-38-23-11-8-21(9-12-23)18-34(19-24-6-5-14-39-24)27(28-31-32-33-35(28)13-15-37-3)25-17-22-10-7-20(2)16-26(22)30-29(25)36/h5-12,14,16-17,27H,4,13,15,18-19H2,1-3H3,(H,30,36)/t27-/m1/s1. The Balaban J connectivity index is 1.64. The smallest absolute Gasteiger partial charge is 0.253 e. The zero-order valence-corrected chi connectivity index (χ0v) is 22.3. The Morgan fingerprint density at radius 1 is 1.10 bits per heavy atom. The average molecular weight is 529 g/mol. The van der Waals surface area contributed by atoms with Gasteiger partial charge in [-0.05, 0) is 77.2 Å². The van der Waals surface area contributed by atoms with E-state index in [9.17, 15) is 4.79 Å². The van der Waals surface area contributed by atoms with E-state index in [1.165, 1.54) is 0 Å². The minimum Gasteiger partial charge on any atom is -0.494 e. The Labute approximate surface area is 226 Å². The highest BCUT2D eigenvalue weighted by Crippen LogP contribution is 2.30. The Kier molecular flexibility index (Phi) is 8.14. The van der Waals surface area contributed by atoms with Crippen LogP contribution in [0.3, 0.4) is 0 Å². The van der Waals surface area contributed by atoms with Crippen molar-refractivity contribution in [1.29, 1.82) is 0 Å². The van der Waals surface area contributed by atoms with Gasteiger partial charge in [0.1, 0.15) is 17.6 Å². The normalized spacial score (nSPS) is 12.3. The molecule has 3 aromatic heterocycles. The molecule has 0 radical (unpaired) electrons. The lowest BCUT2D eigenvalue weighted by Crippen LogP contribution is -2.35. The number of aromatic amines is 1. The number of pyridine rings is 1. The molecule has 10 nitrogen and oxygen atoms in total. The highest BCUT2D eigenvalue weighted by molar-refractivity contribution is 5.79. The molecule has 0 aliphatic carbocycles. The van der Waals surface area contributed by atoms with Crippen molar-refractivity contribution in [2.45, 2.75) is 39.5 Å². The van der Waals surface area contributed by atoms with Gasteiger partial charge in [0, 0.05) is 24.7 Å². The lowest BCUT2D eigenvalue weighted by atomic mass is 10.0. The van der Waals surface area contributed by atoms with Crippen LogP contribution >= 0.6 is 0 Å². The third kappa shape index (κ3) is 6.08. The van der Waals surface area contributed by atoms with Crippen LogP contribution in [0, 0.1) is 6.92 Å². The minimum atomic E-state index is -0.581. The molecule has 0 saturated carbocycles. The first kappa shape index (κ1) is 26.3. The number of rotatable bonds is 12. The van der Waals surface area contributed by atoms with E-state index in [1.54, 1.807) is 18.1 Å². The summed E-state index contributed by atoms with van der Waals surface area (Å²) in [5.41, 5.74) is 3.23. The van der Waals surface area contributed by atoms with E-state index in [0.29, 0.717) is 44.2 Å². The Bertz CT molecular complexity index is 1560. The number of hydrogen-bond acceptors (Lipinski definition) is 8. The predicted molar refractivity (Wildman–Crippen MR) is 146 cm³/mol. The fraction of sp³-hybridized carbons (Fsp3) is 0.310. The summed E-state index contributed by atoms with van der Waals surface area (Å²) in [5.74, 6) is 2.11. The van der Waals surface area contributed by atoms with Gasteiger partial charge in [-0.3, -0.25) is 9.69 Å². The fourth-order valence-corrected chi connectivity index (χ4v) is 4.71. The number of nitrogens with one attached hydrogen (secondary N) is 1. The molecule has 202 valence electrons. The summed E-state index contributed by atoms with van der Waals surface area (Å²) in [4.78, 5) is 18.9. The van der Waals surface area contributed by atoms with Crippen LogP contribution in [0.1, 0.15) is 41.2 Å². The topological polar surface area (TPSA) is 111 Å². The number of fused-ring (bicyclic) bond motifs is 1. The molecule has 5 rings (SSSR count). The molecular formula is C29H32N6O4. The highest BCUT2D eigenvalue weighted by atomic mass is 16.5. The van der Waals surface area contributed by atoms with E-state index in [-0.39, 0.29) is 5.56 Å². The second kappa shape index (κ2) is 12.1. The molecule has 2 aromatic carbocycles. The molecule has 0 saturated heterocycles. The van der Waals surface area contributed by atoms with Crippen molar-refractivity contribution in [1.82, 2.24) is 30.1 Å². The summed E-state index contributed by atoms with van der Waals surface area (Å²) in [6.07, 6.45) is 1.65. The number of nitrogens with zero attached hydrogens (tertiary/aromatic N) is 5. The first-order chi connectivity index (χ1) is 19.1. The Morgan fingerprint density at radius 3 is 2.69 bits per heavy atom. The van der Waals surface area contributed by atoms with Gasteiger partial charge in [-0.1, -0.05) is 24.3 Å². The van der Waals surface area contributed by atoms with Gasteiger partial charge in [0.2, 0.25) is 0 Å². The second-order valence-corrected chi connectivity index (χ2v) is 9.36. The predicted octanol–water partition coefficient (Wildman–Crippen LogP) is 4.25. The highest BCUT2D eigenvalue weighted by Gasteiger charge is 2.31. The van der Waals surface area contributed by atoms with Gasteiger partial charge < -0.3 is 18.9 Å². The largest absolute Gasteiger partial charge is 0.494 e. The van der Waals surface area contributed by atoms with Crippen LogP contribution < -0.4 is 10.3 Å². The second-order valence-electron chi connectivity index (χ2n) is 9.36. The lowest BCUT2D eigenvalue weighted by molar-refractivity contribution is 0.163. The summed E-state index contributed by atoms with van der Waals surface area (Å²) < 4.78 is 18.4. The van der Waals surface area contributed by atoms with Crippen molar-refractivity contribution < 1.29 is 13.9 Å².